The molecule has 0 radical (unpaired) electrons. The third-order valence-electron chi connectivity index (χ3n) is 2.56. The molecule has 3 heteroatoms. The van der Waals surface area contributed by atoms with Crippen molar-refractivity contribution in [2.45, 2.75) is 20.3 Å². The van der Waals surface area contributed by atoms with Gasteiger partial charge >= 0.3 is 0 Å². The van der Waals surface area contributed by atoms with Crippen molar-refractivity contribution in [3.05, 3.63) is 28.2 Å². The van der Waals surface area contributed by atoms with Crippen LogP contribution >= 0.6 is 15.9 Å². The summed E-state index contributed by atoms with van der Waals surface area (Å²) in [5.41, 5.74) is 1.31. The van der Waals surface area contributed by atoms with Gasteiger partial charge in [-0.2, -0.15) is 0 Å². The molecule has 2 nitrogen and oxygen atoms in total. The maximum Gasteiger partial charge on any atom is 0.119 e. The van der Waals surface area contributed by atoms with Crippen molar-refractivity contribution in [2.24, 2.45) is 5.92 Å². The summed E-state index contributed by atoms with van der Waals surface area (Å²) in [5.74, 6) is 1.55. The van der Waals surface area contributed by atoms with Crippen LogP contribution in [0.5, 0.6) is 5.75 Å². The number of hydrogen-bond donors (Lipinski definition) is 1. The van der Waals surface area contributed by atoms with Gasteiger partial charge in [0.05, 0.1) is 7.11 Å². The lowest BCUT2D eigenvalue weighted by atomic mass is 10.0. The predicted molar refractivity (Wildman–Crippen MR) is 72.1 cm³/mol. The highest BCUT2D eigenvalue weighted by Gasteiger charge is 2.07. The molecular weight excluding hydrogens is 266 g/mol. The van der Waals surface area contributed by atoms with Crippen molar-refractivity contribution in [3.63, 3.8) is 0 Å². The van der Waals surface area contributed by atoms with Crippen LogP contribution < -0.4 is 10.1 Å². The first-order valence-corrected chi connectivity index (χ1v) is 6.49. The van der Waals surface area contributed by atoms with E-state index in [0.29, 0.717) is 5.92 Å². The minimum Gasteiger partial charge on any atom is -0.497 e. The van der Waals surface area contributed by atoms with E-state index in [2.05, 4.69) is 41.2 Å². The fourth-order valence-corrected chi connectivity index (χ4v) is 2.08. The Morgan fingerprint density at radius 3 is 2.81 bits per heavy atom. The zero-order valence-electron chi connectivity index (χ0n) is 10.2. The maximum atomic E-state index is 5.24. The van der Waals surface area contributed by atoms with E-state index in [1.807, 2.05) is 12.1 Å². The molecule has 0 saturated carbocycles. The molecule has 0 aromatic heterocycles. The second-order valence-electron chi connectivity index (χ2n) is 4.07. The van der Waals surface area contributed by atoms with E-state index < -0.39 is 0 Å². The standard InChI is InChI=1S/C13H20BrNO/c1-4-15-9-10(2)7-11-8-12(16-3)5-6-13(11)14/h5-6,8,10,15H,4,7,9H2,1-3H3. The summed E-state index contributed by atoms with van der Waals surface area (Å²) in [4.78, 5) is 0. The molecule has 1 atom stereocenters. The van der Waals surface area contributed by atoms with Gasteiger partial charge in [-0.3, -0.25) is 0 Å². The Balaban J connectivity index is 2.64. The van der Waals surface area contributed by atoms with Gasteiger partial charge in [0, 0.05) is 4.47 Å². The average Bonchev–Trinajstić information content (AvgIpc) is 2.29. The highest BCUT2D eigenvalue weighted by molar-refractivity contribution is 9.10. The predicted octanol–water partition coefficient (Wildman–Crippen LogP) is 3.25. The highest BCUT2D eigenvalue weighted by atomic mass is 79.9. The fraction of sp³-hybridized carbons (Fsp3) is 0.538. The average molecular weight is 286 g/mol. The molecule has 0 bridgehead atoms. The topological polar surface area (TPSA) is 21.3 Å². The molecule has 16 heavy (non-hydrogen) atoms. The molecule has 1 aromatic carbocycles. The molecule has 1 unspecified atom stereocenters. The Kier molecular flexibility index (Phi) is 5.85. The van der Waals surface area contributed by atoms with Crippen molar-refractivity contribution in [1.29, 1.82) is 0 Å². The van der Waals surface area contributed by atoms with Crippen molar-refractivity contribution >= 4 is 15.9 Å². The van der Waals surface area contributed by atoms with Crippen LogP contribution in [0, 0.1) is 5.92 Å². The van der Waals surface area contributed by atoms with Gasteiger partial charge in [0.2, 0.25) is 0 Å². The van der Waals surface area contributed by atoms with E-state index in [4.69, 9.17) is 4.74 Å². The normalized spacial score (nSPS) is 12.5. The van der Waals surface area contributed by atoms with Gasteiger partial charge in [0.1, 0.15) is 5.75 Å². The van der Waals surface area contributed by atoms with E-state index in [1.165, 1.54) is 5.56 Å². The van der Waals surface area contributed by atoms with Crippen LogP contribution in [-0.4, -0.2) is 20.2 Å². The first-order chi connectivity index (χ1) is 7.67. The lowest BCUT2D eigenvalue weighted by Gasteiger charge is -2.13. The van der Waals surface area contributed by atoms with E-state index in [1.54, 1.807) is 7.11 Å². The molecule has 0 aliphatic rings. The molecule has 0 aliphatic carbocycles. The SMILES string of the molecule is CCNCC(C)Cc1cc(OC)ccc1Br. The number of benzene rings is 1. The zero-order valence-corrected chi connectivity index (χ0v) is 11.8. The summed E-state index contributed by atoms with van der Waals surface area (Å²) in [6.45, 7) is 6.48. The third-order valence-corrected chi connectivity index (χ3v) is 3.34. The molecule has 0 spiro atoms. The Morgan fingerprint density at radius 1 is 1.44 bits per heavy atom. The largest absolute Gasteiger partial charge is 0.497 e. The molecule has 0 amide bonds. The highest BCUT2D eigenvalue weighted by Crippen LogP contribution is 2.24. The maximum absolute atomic E-state index is 5.24. The van der Waals surface area contributed by atoms with E-state index in [-0.39, 0.29) is 0 Å². The molecule has 1 aromatic rings. The monoisotopic (exact) mass is 285 g/mol. The number of ether oxygens (including phenoxy) is 1. The molecule has 0 aliphatic heterocycles. The first kappa shape index (κ1) is 13.5. The Hall–Kier alpha value is -0.540. The number of nitrogens with one attached hydrogen (secondary N) is 1. The van der Waals surface area contributed by atoms with E-state index in [9.17, 15) is 0 Å². The molecule has 0 saturated heterocycles. The Labute approximate surface area is 107 Å². The van der Waals surface area contributed by atoms with Crippen LogP contribution in [-0.2, 0) is 6.42 Å². The molecule has 0 fully saturated rings. The van der Waals surface area contributed by atoms with Crippen LogP contribution in [0.15, 0.2) is 22.7 Å². The van der Waals surface area contributed by atoms with Gasteiger partial charge in [0.15, 0.2) is 0 Å². The van der Waals surface area contributed by atoms with Crippen LogP contribution in [0.25, 0.3) is 0 Å². The first-order valence-electron chi connectivity index (χ1n) is 5.70. The smallest absolute Gasteiger partial charge is 0.119 e. The van der Waals surface area contributed by atoms with Gasteiger partial charge in [-0.25, -0.2) is 0 Å². The minimum absolute atomic E-state index is 0.628. The second kappa shape index (κ2) is 6.92. The zero-order chi connectivity index (χ0) is 12.0. The molecule has 90 valence electrons. The van der Waals surface area contributed by atoms with Crippen molar-refractivity contribution in [3.8, 4) is 5.75 Å². The molecule has 0 heterocycles. The van der Waals surface area contributed by atoms with Gasteiger partial charge in [-0.15, -0.1) is 0 Å². The summed E-state index contributed by atoms with van der Waals surface area (Å²) in [6.07, 6.45) is 1.06. The summed E-state index contributed by atoms with van der Waals surface area (Å²) >= 11 is 3.58. The number of methoxy groups -OCH3 is 1. The molecule has 1 N–H and O–H groups in total. The lowest BCUT2D eigenvalue weighted by molar-refractivity contribution is 0.413. The number of halogens is 1. The number of rotatable bonds is 6. The summed E-state index contributed by atoms with van der Waals surface area (Å²) in [7, 11) is 1.70. The molecule has 1 rings (SSSR count). The minimum atomic E-state index is 0.628. The summed E-state index contributed by atoms with van der Waals surface area (Å²) in [5, 5.41) is 3.37. The summed E-state index contributed by atoms with van der Waals surface area (Å²) < 4.78 is 6.40. The fourth-order valence-electron chi connectivity index (χ4n) is 1.67. The van der Waals surface area contributed by atoms with Crippen LogP contribution in [0.3, 0.4) is 0 Å². The van der Waals surface area contributed by atoms with Crippen LogP contribution in [0.2, 0.25) is 0 Å². The van der Waals surface area contributed by atoms with Crippen molar-refractivity contribution < 1.29 is 4.74 Å². The van der Waals surface area contributed by atoms with Crippen molar-refractivity contribution in [1.82, 2.24) is 5.32 Å². The number of hydrogen-bond acceptors (Lipinski definition) is 2. The van der Waals surface area contributed by atoms with Gasteiger partial charge in [-0.1, -0.05) is 29.8 Å². The van der Waals surface area contributed by atoms with Gasteiger partial charge in [0.25, 0.3) is 0 Å². The van der Waals surface area contributed by atoms with E-state index in [0.717, 1.165) is 29.7 Å². The quantitative estimate of drug-likeness (QED) is 0.866. The van der Waals surface area contributed by atoms with Gasteiger partial charge in [-0.05, 0) is 49.2 Å². The van der Waals surface area contributed by atoms with Crippen LogP contribution in [0.1, 0.15) is 19.4 Å². The van der Waals surface area contributed by atoms with Crippen LogP contribution in [0.4, 0.5) is 0 Å². The molecular formula is C13H20BrNO. The third kappa shape index (κ3) is 4.14. The second-order valence-corrected chi connectivity index (χ2v) is 4.93. The Bertz CT molecular complexity index is 328. The Morgan fingerprint density at radius 2 is 2.19 bits per heavy atom. The summed E-state index contributed by atoms with van der Waals surface area (Å²) in [6, 6.07) is 6.13. The lowest BCUT2D eigenvalue weighted by Crippen LogP contribution is -2.22. The van der Waals surface area contributed by atoms with Crippen molar-refractivity contribution in [2.75, 3.05) is 20.2 Å². The van der Waals surface area contributed by atoms with E-state index >= 15 is 0 Å². The van der Waals surface area contributed by atoms with Gasteiger partial charge < -0.3 is 10.1 Å².